The standard InChI is InChI=1S/C19H16ClN5O4/c1-10-9-13-15(22-19(28)21-12-6-4-11(20)5-7-12)24-25(16(13)23-17(10)26)18(27)14-3-2-8-29-14/h2-8,10H,9H2,1H3,(H,23,26)(H2,21,22,24,28). The van der Waals surface area contributed by atoms with E-state index in [9.17, 15) is 14.4 Å². The van der Waals surface area contributed by atoms with Gasteiger partial charge in [0, 0.05) is 22.2 Å². The highest BCUT2D eigenvalue weighted by atomic mass is 35.5. The van der Waals surface area contributed by atoms with E-state index in [1.807, 2.05) is 0 Å². The molecule has 10 heteroatoms. The van der Waals surface area contributed by atoms with Crippen LogP contribution in [0.4, 0.5) is 22.1 Å². The van der Waals surface area contributed by atoms with E-state index in [1.54, 1.807) is 37.3 Å². The van der Waals surface area contributed by atoms with E-state index >= 15 is 0 Å². The predicted molar refractivity (Wildman–Crippen MR) is 106 cm³/mol. The molecule has 0 fully saturated rings. The van der Waals surface area contributed by atoms with Crippen LogP contribution in [0, 0.1) is 5.92 Å². The van der Waals surface area contributed by atoms with Crippen LogP contribution in [0.1, 0.15) is 23.0 Å². The molecule has 0 saturated heterocycles. The lowest BCUT2D eigenvalue weighted by Gasteiger charge is -2.19. The van der Waals surface area contributed by atoms with Gasteiger partial charge in [-0.3, -0.25) is 14.9 Å². The molecule has 9 nitrogen and oxygen atoms in total. The summed E-state index contributed by atoms with van der Waals surface area (Å²) < 4.78 is 6.16. The molecule has 1 atom stereocenters. The summed E-state index contributed by atoms with van der Waals surface area (Å²) in [6.45, 7) is 1.75. The third kappa shape index (κ3) is 3.72. The van der Waals surface area contributed by atoms with E-state index in [1.165, 1.54) is 12.3 Å². The SMILES string of the molecule is CC1Cc2c(NC(=O)Nc3ccc(Cl)cc3)nn(C(=O)c3ccco3)c2NC1=O. The Bertz CT molecular complexity index is 1090. The molecule has 29 heavy (non-hydrogen) atoms. The van der Waals surface area contributed by atoms with Crippen molar-refractivity contribution in [1.82, 2.24) is 9.78 Å². The number of nitrogens with zero attached hydrogens (tertiary/aromatic N) is 2. The molecule has 3 heterocycles. The van der Waals surface area contributed by atoms with Gasteiger partial charge in [-0.05, 0) is 42.8 Å². The molecule has 0 bridgehead atoms. The first-order chi connectivity index (χ1) is 13.9. The van der Waals surface area contributed by atoms with Crippen LogP contribution in [0.25, 0.3) is 0 Å². The van der Waals surface area contributed by atoms with Gasteiger partial charge in [-0.1, -0.05) is 18.5 Å². The smallest absolute Gasteiger partial charge is 0.324 e. The summed E-state index contributed by atoms with van der Waals surface area (Å²) >= 11 is 5.84. The van der Waals surface area contributed by atoms with Crippen LogP contribution in [0.3, 0.4) is 0 Å². The Morgan fingerprint density at radius 3 is 2.69 bits per heavy atom. The fraction of sp³-hybridized carbons (Fsp3) is 0.158. The van der Waals surface area contributed by atoms with Crippen LogP contribution in [0.5, 0.6) is 0 Å². The van der Waals surface area contributed by atoms with Crippen LogP contribution in [0.2, 0.25) is 5.02 Å². The van der Waals surface area contributed by atoms with E-state index < -0.39 is 11.9 Å². The molecule has 3 N–H and O–H groups in total. The molecule has 0 saturated carbocycles. The average molecular weight is 414 g/mol. The van der Waals surface area contributed by atoms with Crippen molar-refractivity contribution in [1.29, 1.82) is 0 Å². The molecule has 1 aliphatic rings. The second-order valence-corrected chi connectivity index (χ2v) is 6.99. The van der Waals surface area contributed by atoms with Crippen molar-refractivity contribution < 1.29 is 18.8 Å². The summed E-state index contributed by atoms with van der Waals surface area (Å²) in [6.07, 6.45) is 1.69. The molecule has 4 rings (SSSR count). The minimum absolute atomic E-state index is 0.0559. The van der Waals surface area contributed by atoms with Crippen molar-refractivity contribution in [3.63, 3.8) is 0 Å². The number of hydrogen-bond acceptors (Lipinski definition) is 5. The van der Waals surface area contributed by atoms with Gasteiger partial charge in [-0.25, -0.2) is 4.79 Å². The minimum Gasteiger partial charge on any atom is -0.459 e. The number of halogens is 1. The Morgan fingerprint density at radius 1 is 1.24 bits per heavy atom. The van der Waals surface area contributed by atoms with Crippen molar-refractivity contribution >= 4 is 46.8 Å². The average Bonchev–Trinajstić information content (AvgIpc) is 3.33. The van der Waals surface area contributed by atoms with Gasteiger partial charge in [0.1, 0.15) is 5.82 Å². The monoisotopic (exact) mass is 413 g/mol. The normalized spacial score (nSPS) is 15.4. The van der Waals surface area contributed by atoms with E-state index in [0.29, 0.717) is 22.7 Å². The second-order valence-electron chi connectivity index (χ2n) is 6.55. The van der Waals surface area contributed by atoms with Crippen molar-refractivity contribution in [2.45, 2.75) is 13.3 Å². The number of benzene rings is 1. The lowest BCUT2D eigenvalue weighted by atomic mass is 9.98. The summed E-state index contributed by atoms with van der Waals surface area (Å²) in [5, 5.41) is 12.7. The number of furan rings is 1. The number of amides is 3. The molecule has 0 radical (unpaired) electrons. The van der Waals surface area contributed by atoms with Gasteiger partial charge in [0.15, 0.2) is 11.6 Å². The van der Waals surface area contributed by atoms with Crippen LogP contribution >= 0.6 is 11.6 Å². The maximum absolute atomic E-state index is 12.7. The van der Waals surface area contributed by atoms with Crippen molar-refractivity contribution in [3.8, 4) is 0 Å². The zero-order valence-corrected chi connectivity index (χ0v) is 16.0. The van der Waals surface area contributed by atoms with E-state index in [2.05, 4.69) is 21.0 Å². The predicted octanol–water partition coefficient (Wildman–Crippen LogP) is 3.59. The number of nitrogens with one attached hydrogen (secondary N) is 3. The molecule has 1 aromatic carbocycles. The number of fused-ring (bicyclic) bond motifs is 1. The van der Waals surface area contributed by atoms with Crippen molar-refractivity contribution in [2.24, 2.45) is 5.92 Å². The summed E-state index contributed by atoms with van der Waals surface area (Å²) in [7, 11) is 0. The third-order valence-corrected chi connectivity index (χ3v) is 4.69. The summed E-state index contributed by atoms with van der Waals surface area (Å²) in [5.41, 5.74) is 1.09. The first-order valence-corrected chi connectivity index (χ1v) is 9.14. The lowest BCUT2D eigenvalue weighted by molar-refractivity contribution is -0.119. The molecule has 0 spiro atoms. The molecule has 0 aliphatic carbocycles. The topological polar surface area (TPSA) is 118 Å². The first kappa shape index (κ1) is 18.8. The zero-order valence-electron chi connectivity index (χ0n) is 15.2. The highest BCUT2D eigenvalue weighted by Crippen LogP contribution is 2.32. The fourth-order valence-corrected chi connectivity index (χ4v) is 3.09. The Kier molecular flexibility index (Phi) is 4.81. The van der Waals surface area contributed by atoms with Crippen LogP contribution < -0.4 is 16.0 Å². The van der Waals surface area contributed by atoms with E-state index in [0.717, 1.165) is 4.68 Å². The quantitative estimate of drug-likeness (QED) is 0.606. The highest BCUT2D eigenvalue weighted by Gasteiger charge is 2.32. The number of hydrogen-bond donors (Lipinski definition) is 3. The van der Waals surface area contributed by atoms with E-state index in [4.69, 9.17) is 16.0 Å². The summed E-state index contributed by atoms with van der Waals surface area (Å²) in [4.78, 5) is 37.2. The summed E-state index contributed by atoms with van der Waals surface area (Å²) in [5.74, 6) is -0.677. The Morgan fingerprint density at radius 2 is 2.00 bits per heavy atom. The van der Waals surface area contributed by atoms with Gasteiger partial charge in [0.2, 0.25) is 5.91 Å². The number of rotatable bonds is 3. The molecule has 1 unspecified atom stereocenters. The largest absolute Gasteiger partial charge is 0.459 e. The maximum atomic E-state index is 12.7. The Hall–Kier alpha value is -3.59. The number of aromatic nitrogens is 2. The zero-order chi connectivity index (χ0) is 20.5. The third-order valence-electron chi connectivity index (χ3n) is 4.44. The second kappa shape index (κ2) is 7.44. The van der Waals surface area contributed by atoms with Gasteiger partial charge in [0.25, 0.3) is 0 Å². The molecule has 1 aliphatic heterocycles. The van der Waals surface area contributed by atoms with Gasteiger partial charge in [-0.15, -0.1) is 5.10 Å². The van der Waals surface area contributed by atoms with Crippen LogP contribution in [-0.2, 0) is 11.2 Å². The highest BCUT2D eigenvalue weighted by molar-refractivity contribution is 6.30. The van der Waals surface area contributed by atoms with Crippen molar-refractivity contribution in [2.75, 3.05) is 16.0 Å². The minimum atomic E-state index is -0.563. The van der Waals surface area contributed by atoms with Crippen molar-refractivity contribution in [3.05, 3.63) is 59.0 Å². The first-order valence-electron chi connectivity index (χ1n) is 8.77. The number of carbonyl (C=O) groups excluding carboxylic acids is 3. The molecule has 148 valence electrons. The van der Waals surface area contributed by atoms with Gasteiger partial charge < -0.3 is 15.1 Å². The summed E-state index contributed by atoms with van der Waals surface area (Å²) in [6, 6.07) is 9.11. The maximum Gasteiger partial charge on any atom is 0.324 e. The van der Waals surface area contributed by atoms with Crippen LogP contribution in [0.15, 0.2) is 47.1 Å². The fourth-order valence-electron chi connectivity index (χ4n) is 2.97. The van der Waals surface area contributed by atoms with Crippen LogP contribution in [-0.4, -0.2) is 27.6 Å². The van der Waals surface area contributed by atoms with Gasteiger partial charge >= 0.3 is 11.9 Å². The molecular formula is C19H16ClN5O4. The number of anilines is 3. The van der Waals surface area contributed by atoms with E-state index in [-0.39, 0.29) is 29.2 Å². The number of urea groups is 1. The Labute approximate surface area is 170 Å². The molecule has 3 aromatic rings. The molecule has 2 aromatic heterocycles. The number of carbonyl (C=O) groups is 3. The Balaban J connectivity index is 1.63. The molecule has 3 amide bonds. The van der Waals surface area contributed by atoms with Gasteiger partial charge in [0.05, 0.1) is 6.26 Å². The molecular weight excluding hydrogens is 398 g/mol. The van der Waals surface area contributed by atoms with Gasteiger partial charge in [-0.2, -0.15) is 4.68 Å². The lowest BCUT2D eigenvalue weighted by Crippen LogP contribution is -2.30.